The lowest BCUT2D eigenvalue weighted by atomic mass is 10.2. The first-order chi connectivity index (χ1) is 19.0. The van der Waals surface area contributed by atoms with E-state index in [1.807, 2.05) is 0 Å². The molecule has 0 unspecified atom stereocenters. The van der Waals surface area contributed by atoms with Crippen LogP contribution in [-0.4, -0.2) is 49.1 Å². The highest BCUT2D eigenvalue weighted by molar-refractivity contribution is 7.99. The number of amides is 2. The van der Waals surface area contributed by atoms with Gasteiger partial charge in [-0.2, -0.15) is 13.2 Å². The van der Waals surface area contributed by atoms with E-state index in [1.165, 1.54) is 40.2 Å². The Morgan fingerprint density at radius 2 is 1.88 bits per heavy atom. The van der Waals surface area contributed by atoms with Gasteiger partial charge in [0.1, 0.15) is 10.8 Å². The molecule has 0 spiro atoms. The maximum absolute atomic E-state index is 13.4. The summed E-state index contributed by atoms with van der Waals surface area (Å²) in [5.74, 6) is -0.746. The molecule has 0 radical (unpaired) electrons. The summed E-state index contributed by atoms with van der Waals surface area (Å²) in [5, 5.41) is 22.6. The molecular formula is C23H18Cl2F3N7O3S2. The molecule has 0 saturated heterocycles. The van der Waals surface area contributed by atoms with Crippen molar-refractivity contribution >= 4 is 63.2 Å². The predicted octanol–water partition coefficient (Wildman–Crippen LogP) is 5.18. The quantitative estimate of drug-likeness (QED) is 0.230. The fourth-order valence-electron chi connectivity index (χ4n) is 3.19. The second kappa shape index (κ2) is 12.8. The van der Waals surface area contributed by atoms with Crippen LogP contribution in [0.5, 0.6) is 5.75 Å². The largest absolute Gasteiger partial charge is 0.482 e. The van der Waals surface area contributed by atoms with E-state index < -0.39 is 30.2 Å². The Labute approximate surface area is 243 Å². The standard InChI is InChI=1S/C23H18Cl2F3N7O3S2/c1-12-31-33-21(40-12)30-20(37)11-39-22-34-32-18(35(22)15-4-2-3-13(7-15)23(26,27)28)9-29-19(36)10-38-17-6-5-14(24)8-16(17)25/h2-8H,9-11H2,1H3,(H,29,36)(H,30,33,37). The van der Waals surface area contributed by atoms with Crippen LogP contribution in [0.25, 0.3) is 5.69 Å². The number of ether oxygens (including phenoxy) is 1. The number of anilines is 1. The van der Waals surface area contributed by atoms with E-state index in [0.29, 0.717) is 15.2 Å². The molecule has 2 N–H and O–H groups in total. The van der Waals surface area contributed by atoms with E-state index in [0.717, 1.165) is 23.9 Å². The number of nitrogens with zero attached hydrogens (tertiary/aromatic N) is 5. The fourth-order valence-corrected chi connectivity index (χ4v) is 5.03. The summed E-state index contributed by atoms with van der Waals surface area (Å²) in [6, 6.07) is 9.04. The Balaban J connectivity index is 1.49. The van der Waals surface area contributed by atoms with Crippen molar-refractivity contribution in [1.29, 1.82) is 0 Å². The first-order valence-corrected chi connectivity index (χ1v) is 13.7. The van der Waals surface area contributed by atoms with E-state index in [9.17, 15) is 22.8 Å². The first kappa shape index (κ1) is 29.6. The second-order valence-electron chi connectivity index (χ2n) is 7.89. The summed E-state index contributed by atoms with van der Waals surface area (Å²) in [6.07, 6.45) is -4.59. The average Bonchev–Trinajstić information content (AvgIpc) is 3.50. The third-order valence-corrected chi connectivity index (χ3v) is 7.15. The molecule has 40 heavy (non-hydrogen) atoms. The normalized spacial score (nSPS) is 11.3. The van der Waals surface area contributed by atoms with E-state index in [1.54, 1.807) is 13.0 Å². The number of halogens is 5. The Morgan fingerprint density at radius 3 is 2.58 bits per heavy atom. The molecule has 0 fully saturated rings. The van der Waals surface area contributed by atoms with Crippen molar-refractivity contribution in [3.8, 4) is 11.4 Å². The Bertz CT molecular complexity index is 1530. The number of rotatable bonds is 10. The van der Waals surface area contributed by atoms with Gasteiger partial charge < -0.3 is 10.1 Å². The Kier molecular flexibility index (Phi) is 9.50. The Morgan fingerprint density at radius 1 is 1.07 bits per heavy atom. The summed E-state index contributed by atoms with van der Waals surface area (Å²) in [4.78, 5) is 24.8. The molecule has 0 saturated carbocycles. The smallest absolute Gasteiger partial charge is 0.416 e. The van der Waals surface area contributed by atoms with Gasteiger partial charge in [0.05, 0.1) is 28.6 Å². The summed E-state index contributed by atoms with van der Waals surface area (Å²) in [5.41, 5.74) is -0.793. The monoisotopic (exact) mass is 631 g/mol. The lowest BCUT2D eigenvalue weighted by molar-refractivity contribution is -0.137. The van der Waals surface area contributed by atoms with Crippen LogP contribution >= 0.6 is 46.3 Å². The molecule has 10 nitrogen and oxygen atoms in total. The van der Waals surface area contributed by atoms with Crippen LogP contribution < -0.4 is 15.4 Å². The molecule has 210 valence electrons. The number of aromatic nitrogens is 5. The number of hydrogen-bond acceptors (Lipinski definition) is 9. The van der Waals surface area contributed by atoms with Crippen LogP contribution in [-0.2, 0) is 22.3 Å². The molecule has 2 heterocycles. The van der Waals surface area contributed by atoms with Crippen molar-refractivity contribution in [3.63, 3.8) is 0 Å². The predicted molar refractivity (Wildman–Crippen MR) is 144 cm³/mol. The van der Waals surface area contributed by atoms with E-state index in [2.05, 4.69) is 31.0 Å². The molecule has 17 heteroatoms. The molecule has 2 amide bonds. The zero-order valence-corrected chi connectivity index (χ0v) is 23.5. The Hall–Kier alpha value is -3.40. The van der Waals surface area contributed by atoms with Crippen molar-refractivity contribution in [2.75, 3.05) is 17.7 Å². The minimum absolute atomic E-state index is 0.0935. The van der Waals surface area contributed by atoms with Crippen molar-refractivity contribution in [1.82, 2.24) is 30.3 Å². The van der Waals surface area contributed by atoms with Gasteiger partial charge in [0, 0.05) is 5.02 Å². The third-order valence-electron chi connectivity index (χ3n) is 4.93. The number of aryl methyl sites for hydroxylation is 1. The van der Waals surface area contributed by atoms with Crippen LogP contribution in [0.3, 0.4) is 0 Å². The zero-order chi connectivity index (χ0) is 28.9. The van der Waals surface area contributed by atoms with Gasteiger partial charge in [0.25, 0.3) is 5.91 Å². The molecule has 4 rings (SSSR count). The molecule has 0 aliphatic heterocycles. The molecule has 0 bridgehead atoms. The van der Waals surface area contributed by atoms with Gasteiger partial charge >= 0.3 is 6.18 Å². The number of benzene rings is 2. The van der Waals surface area contributed by atoms with Gasteiger partial charge in [-0.05, 0) is 43.3 Å². The summed E-state index contributed by atoms with van der Waals surface area (Å²) < 4.78 is 47.0. The number of alkyl halides is 3. The SMILES string of the molecule is Cc1nnc(NC(=O)CSc2nnc(CNC(=O)COc3ccc(Cl)cc3Cl)n2-c2cccc(C(F)(F)F)c2)s1. The topological polar surface area (TPSA) is 124 Å². The van der Waals surface area contributed by atoms with E-state index >= 15 is 0 Å². The molecule has 2 aromatic carbocycles. The summed E-state index contributed by atoms with van der Waals surface area (Å²) >= 11 is 14.0. The summed E-state index contributed by atoms with van der Waals surface area (Å²) in [6.45, 7) is 1.14. The van der Waals surface area contributed by atoms with Crippen LogP contribution in [0, 0.1) is 6.92 Å². The maximum Gasteiger partial charge on any atom is 0.416 e. The maximum atomic E-state index is 13.4. The third kappa shape index (κ3) is 7.84. The molecule has 0 aliphatic carbocycles. The minimum atomic E-state index is -4.59. The molecule has 0 atom stereocenters. The molecular weight excluding hydrogens is 614 g/mol. The lowest BCUT2D eigenvalue weighted by Crippen LogP contribution is -2.29. The van der Waals surface area contributed by atoms with Crippen molar-refractivity contribution in [2.45, 2.75) is 24.8 Å². The van der Waals surface area contributed by atoms with E-state index in [-0.39, 0.29) is 39.7 Å². The molecule has 0 aliphatic rings. The highest BCUT2D eigenvalue weighted by Crippen LogP contribution is 2.32. The number of hydrogen-bond donors (Lipinski definition) is 2. The average molecular weight is 632 g/mol. The molecule has 2 aromatic heterocycles. The highest BCUT2D eigenvalue weighted by Gasteiger charge is 2.31. The second-order valence-corrected chi connectivity index (χ2v) is 10.9. The van der Waals surface area contributed by atoms with Crippen molar-refractivity contribution in [3.05, 3.63) is 68.9 Å². The lowest BCUT2D eigenvalue weighted by Gasteiger charge is -2.14. The molecule has 4 aromatic rings. The van der Waals surface area contributed by atoms with Crippen LogP contribution in [0.4, 0.5) is 18.3 Å². The summed E-state index contributed by atoms with van der Waals surface area (Å²) in [7, 11) is 0. The van der Waals surface area contributed by atoms with Gasteiger partial charge in [-0.1, -0.05) is 52.4 Å². The number of carbonyl (C=O) groups is 2. The number of thioether (sulfide) groups is 1. The first-order valence-electron chi connectivity index (χ1n) is 11.2. The highest BCUT2D eigenvalue weighted by atomic mass is 35.5. The minimum Gasteiger partial charge on any atom is -0.482 e. The van der Waals surface area contributed by atoms with Gasteiger partial charge in [-0.3, -0.25) is 19.5 Å². The van der Waals surface area contributed by atoms with Crippen LogP contribution in [0.15, 0.2) is 47.6 Å². The van der Waals surface area contributed by atoms with Crippen LogP contribution in [0.1, 0.15) is 16.4 Å². The van der Waals surface area contributed by atoms with Crippen molar-refractivity contribution in [2.24, 2.45) is 0 Å². The number of nitrogens with one attached hydrogen (secondary N) is 2. The zero-order valence-electron chi connectivity index (χ0n) is 20.3. The van der Waals surface area contributed by atoms with Gasteiger partial charge in [-0.25, -0.2) is 0 Å². The van der Waals surface area contributed by atoms with Gasteiger partial charge in [-0.15, -0.1) is 20.4 Å². The van der Waals surface area contributed by atoms with Gasteiger partial charge in [0.15, 0.2) is 17.6 Å². The van der Waals surface area contributed by atoms with E-state index in [4.69, 9.17) is 27.9 Å². The van der Waals surface area contributed by atoms with Crippen molar-refractivity contribution < 1.29 is 27.5 Å². The number of carbonyl (C=O) groups excluding carboxylic acids is 2. The fraction of sp³-hybridized carbons (Fsp3) is 0.217. The van der Waals surface area contributed by atoms with Crippen LogP contribution in [0.2, 0.25) is 10.0 Å². The van der Waals surface area contributed by atoms with Gasteiger partial charge in [0.2, 0.25) is 11.0 Å².